The SMILES string of the molecule is COc1ccccc1COC1CCC(c2nc(C)c(-c3ccc(Cl)cc3)[nH]2)CC1. The topological polar surface area (TPSA) is 47.1 Å². The summed E-state index contributed by atoms with van der Waals surface area (Å²) in [7, 11) is 1.70. The number of hydrogen-bond acceptors (Lipinski definition) is 3. The second kappa shape index (κ2) is 9.02. The summed E-state index contributed by atoms with van der Waals surface area (Å²) < 4.78 is 11.6. The van der Waals surface area contributed by atoms with Gasteiger partial charge in [0, 0.05) is 16.5 Å². The first-order valence-electron chi connectivity index (χ1n) is 10.2. The van der Waals surface area contributed by atoms with Gasteiger partial charge in [0.05, 0.1) is 31.2 Å². The summed E-state index contributed by atoms with van der Waals surface area (Å²) in [6.07, 6.45) is 4.57. The average molecular weight is 411 g/mol. The molecule has 1 aromatic heterocycles. The average Bonchev–Trinajstić information content (AvgIpc) is 3.15. The van der Waals surface area contributed by atoms with Crippen molar-refractivity contribution in [2.45, 2.75) is 51.2 Å². The molecule has 4 rings (SSSR count). The van der Waals surface area contributed by atoms with E-state index in [-0.39, 0.29) is 0 Å². The van der Waals surface area contributed by atoms with Crippen molar-refractivity contribution in [2.75, 3.05) is 7.11 Å². The second-order valence-electron chi connectivity index (χ2n) is 7.69. The molecule has 0 aliphatic heterocycles. The molecule has 0 atom stereocenters. The Hall–Kier alpha value is -2.30. The van der Waals surface area contributed by atoms with E-state index < -0.39 is 0 Å². The lowest BCUT2D eigenvalue weighted by molar-refractivity contribution is 0.0121. The first kappa shape index (κ1) is 20.0. The van der Waals surface area contributed by atoms with Crippen molar-refractivity contribution in [1.82, 2.24) is 9.97 Å². The van der Waals surface area contributed by atoms with E-state index in [2.05, 4.69) is 18.0 Å². The van der Waals surface area contributed by atoms with E-state index in [1.54, 1.807) is 7.11 Å². The Kier molecular flexibility index (Phi) is 6.22. The van der Waals surface area contributed by atoms with E-state index in [1.807, 2.05) is 42.5 Å². The highest BCUT2D eigenvalue weighted by molar-refractivity contribution is 6.30. The molecule has 1 fully saturated rings. The van der Waals surface area contributed by atoms with Gasteiger partial charge in [-0.3, -0.25) is 0 Å². The maximum atomic E-state index is 6.18. The van der Waals surface area contributed by atoms with Crippen molar-refractivity contribution in [3.63, 3.8) is 0 Å². The number of ether oxygens (including phenoxy) is 2. The summed E-state index contributed by atoms with van der Waals surface area (Å²) in [6.45, 7) is 2.66. The van der Waals surface area contributed by atoms with Crippen LogP contribution in [0, 0.1) is 6.92 Å². The van der Waals surface area contributed by atoms with Crippen molar-refractivity contribution in [1.29, 1.82) is 0 Å². The number of nitrogens with zero attached hydrogens (tertiary/aromatic N) is 1. The Bertz CT molecular complexity index is 944. The second-order valence-corrected chi connectivity index (χ2v) is 8.12. The van der Waals surface area contributed by atoms with Crippen LogP contribution in [0.1, 0.15) is 48.7 Å². The number of rotatable bonds is 6. The van der Waals surface area contributed by atoms with E-state index in [1.165, 1.54) is 0 Å². The molecule has 1 aliphatic carbocycles. The van der Waals surface area contributed by atoms with Crippen LogP contribution in [-0.4, -0.2) is 23.2 Å². The predicted molar refractivity (Wildman–Crippen MR) is 117 cm³/mol. The third-order valence-corrected chi connectivity index (χ3v) is 6.02. The third-order valence-electron chi connectivity index (χ3n) is 5.76. The summed E-state index contributed by atoms with van der Waals surface area (Å²) in [6, 6.07) is 16.0. The Morgan fingerprint density at radius 2 is 1.76 bits per heavy atom. The molecule has 152 valence electrons. The molecular formula is C24H27ClN2O2. The molecule has 4 nitrogen and oxygen atoms in total. The van der Waals surface area contributed by atoms with Gasteiger partial charge in [0.1, 0.15) is 11.6 Å². The lowest BCUT2D eigenvalue weighted by atomic mass is 9.87. The van der Waals surface area contributed by atoms with E-state index >= 15 is 0 Å². The summed E-state index contributed by atoms with van der Waals surface area (Å²) in [4.78, 5) is 8.39. The van der Waals surface area contributed by atoms with Crippen LogP contribution in [0.4, 0.5) is 0 Å². The molecule has 1 N–H and O–H groups in total. The van der Waals surface area contributed by atoms with Crippen LogP contribution in [0.5, 0.6) is 5.75 Å². The lowest BCUT2D eigenvalue weighted by Crippen LogP contribution is -2.21. The van der Waals surface area contributed by atoms with Gasteiger partial charge >= 0.3 is 0 Å². The first-order valence-corrected chi connectivity index (χ1v) is 10.6. The van der Waals surface area contributed by atoms with Crippen LogP contribution in [0.2, 0.25) is 5.02 Å². The fraction of sp³-hybridized carbons (Fsp3) is 0.375. The molecule has 1 saturated carbocycles. The van der Waals surface area contributed by atoms with Crippen LogP contribution in [-0.2, 0) is 11.3 Å². The first-order chi connectivity index (χ1) is 14.1. The monoisotopic (exact) mass is 410 g/mol. The highest BCUT2D eigenvalue weighted by Crippen LogP contribution is 2.35. The van der Waals surface area contributed by atoms with Crippen LogP contribution in [0.15, 0.2) is 48.5 Å². The summed E-state index contributed by atoms with van der Waals surface area (Å²) in [5.41, 5.74) is 4.36. The fourth-order valence-electron chi connectivity index (χ4n) is 4.11. The Morgan fingerprint density at radius 1 is 1.03 bits per heavy atom. The normalized spacial score (nSPS) is 19.3. The van der Waals surface area contributed by atoms with Crippen molar-refractivity contribution in [2.24, 2.45) is 0 Å². The maximum Gasteiger partial charge on any atom is 0.124 e. The van der Waals surface area contributed by atoms with E-state index in [4.69, 9.17) is 26.1 Å². The Morgan fingerprint density at radius 3 is 2.48 bits per heavy atom. The van der Waals surface area contributed by atoms with E-state index in [9.17, 15) is 0 Å². The zero-order valence-electron chi connectivity index (χ0n) is 17.0. The molecule has 29 heavy (non-hydrogen) atoms. The van der Waals surface area contributed by atoms with Gasteiger partial charge in [-0.25, -0.2) is 4.98 Å². The lowest BCUT2D eigenvalue weighted by Gasteiger charge is -2.27. The molecule has 0 spiro atoms. The van der Waals surface area contributed by atoms with Crippen LogP contribution in [0.25, 0.3) is 11.3 Å². The van der Waals surface area contributed by atoms with Crippen molar-refractivity contribution < 1.29 is 9.47 Å². The fourth-order valence-corrected chi connectivity index (χ4v) is 4.23. The third kappa shape index (κ3) is 4.65. The van der Waals surface area contributed by atoms with Gasteiger partial charge in [-0.05, 0) is 56.4 Å². The number of para-hydroxylation sites is 1. The number of methoxy groups -OCH3 is 1. The minimum atomic E-state index is 0.294. The Balaban J connectivity index is 1.35. The molecular weight excluding hydrogens is 384 g/mol. The number of imidazole rings is 1. The van der Waals surface area contributed by atoms with Gasteiger partial charge in [0.2, 0.25) is 0 Å². The molecule has 0 unspecified atom stereocenters. The number of nitrogens with one attached hydrogen (secondary N) is 1. The summed E-state index contributed by atoms with van der Waals surface area (Å²) in [5.74, 6) is 2.44. The van der Waals surface area contributed by atoms with Gasteiger partial charge in [-0.15, -0.1) is 0 Å². The summed E-state index contributed by atoms with van der Waals surface area (Å²) >= 11 is 6.02. The molecule has 1 heterocycles. The number of H-pyrrole nitrogens is 1. The largest absolute Gasteiger partial charge is 0.496 e. The quantitative estimate of drug-likeness (QED) is 0.519. The number of benzene rings is 2. The van der Waals surface area contributed by atoms with E-state index in [0.717, 1.165) is 64.8 Å². The summed E-state index contributed by atoms with van der Waals surface area (Å²) in [5, 5.41) is 0.748. The molecule has 1 aliphatic rings. The smallest absolute Gasteiger partial charge is 0.124 e. The van der Waals surface area contributed by atoms with Gasteiger partial charge < -0.3 is 14.5 Å². The van der Waals surface area contributed by atoms with E-state index in [0.29, 0.717) is 18.6 Å². The molecule has 3 aromatic rings. The molecule has 0 amide bonds. The predicted octanol–water partition coefficient (Wildman–Crippen LogP) is 6.29. The zero-order chi connectivity index (χ0) is 20.2. The number of halogens is 1. The van der Waals surface area contributed by atoms with Crippen LogP contribution < -0.4 is 4.74 Å². The van der Waals surface area contributed by atoms with Gasteiger partial charge in [-0.1, -0.05) is 41.9 Å². The molecule has 0 radical (unpaired) electrons. The highest BCUT2D eigenvalue weighted by atomic mass is 35.5. The number of hydrogen-bond donors (Lipinski definition) is 1. The Labute approximate surface area is 177 Å². The van der Waals surface area contributed by atoms with Crippen molar-refractivity contribution >= 4 is 11.6 Å². The highest BCUT2D eigenvalue weighted by Gasteiger charge is 2.26. The number of aromatic nitrogens is 2. The minimum absolute atomic E-state index is 0.294. The number of aryl methyl sites for hydroxylation is 1. The zero-order valence-corrected chi connectivity index (χ0v) is 17.7. The molecule has 5 heteroatoms. The van der Waals surface area contributed by atoms with Gasteiger partial charge in [0.25, 0.3) is 0 Å². The van der Waals surface area contributed by atoms with Crippen molar-refractivity contribution in [3.8, 4) is 17.0 Å². The number of aromatic amines is 1. The molecule has 0 bridgehead atoms. The standard InChI is InChI=1S/C24H27ClN2O2/c1-16-23(17-7-11-20(25)12-8-17)27-24(26-16)18-9-13-21(14-10-18)29-15-19-5-3-4-6-22(19)28-2/h3-8,11-12,18,21H,9-10,13-15H2,1-2H3,(H,26,27). The molecule has 2 aromatic carbocycles. The van der Waals surface area contributed by atoms with Crippen molar-refractivity contribution in [3.05, 3.63) is 70.6 Å². The van der Waals surface area contributed by atoms with Gasteiger partial charge in [0.15, 0.2) is 0 Å². The van der Waals surface area contributed by atoms with Crippen LogP contribution >= 0.6 is 11.6 Å². The maximum absolute atomic E-state index is 6.18. The minimum Gasteiger partial charge on any atom is -0.496 e. The van der Waals surface area contributed by atoms with Gasteiger partial charge in [-0.2, -0.15) is 0 Å². The molecule has 0 saturated heterocycles. The van der Waals surface area contributed by atoms with Crippen LogP contribution in [0.3, 0.4) is 0 Å².